The van der Waals surface area contributed by atoms with E-state index in [1.165, 1.54) is 32.2 Å². The van der Waals surface area contributed by atoms with Crippen molar-refractivity contribution in [3.05, 3.63) is 0 Å². The van der Waals surface area contributed by atoms with Gasteiger partial charge in [-0.25, -0.2) is 0 Å². The number of nitrogens with zero attached hydrogens (tertiary/aromatic N) is 1. The van der Waals surface area contributed by atoms with Crippen molar-refractivity contribution in [2.45, 2.75) is 44.9 Å². The molecule has 2 aliphatic rings. The van der Waals surface area contributed by atoms with Crippen molar-refractivity contribution >= 4 is 21.8 Å². The summed E-state index contributed by atoms with van der Waals surface area (Å²) in [5.41, 5.74) is 5.80. The first kappa shape index (κ1) is 14.3. The first-order valence-corrected chi connectivity index (χ1v) is 8.32. The highest BCUT2D eigenvalue weighted by molar-refractivity contribution is 9.09. The standard InChI is InChI=1S/C14H25BrN2O/c15-10-14(5-1-2-6-14)11-17-7-3-12(4-8-17)9-13(16)18/h12H,1-11H2,(H2,16,18). The lowest BCUT2D eigenvalue weighted by Gasteiger charge is -2.38. The Kier molecular flexibility index (Phi) is 5.07. The highest BCUT2D eigenvalue weighted by atomic mass is 79.9. The molecule has 1 saturated heterocycles. The fourth-order valence-corrected chi connectivity index (χ4v) is 4.30. The van der Waals surface area contributed by atoms with Gasteiger partial charge in [-0.1, -0.05) is 28.8 Å². The fourth-order valence-electron chi connectivity index (χ4n) is 3.57. The molecule has 0 aromatic rings. The smallest absolute Gasteiger partial charge is 0.217 e. The minimum atomic E-state index is -0.138. The van der Waals surface area contributed by atoms with E-state index in [-0.39, 0.29) is 5.91 Å². The molecule has 1 saturated carbocycles. The number of nitrogens with two attached hydrogens (primary N) is 1. The van der Waals surface area contributed by atoms with E-state index in [0.29, 0.717) is 17.8 Å². The molecular formula is C14H25BrN2O. The topological polar surface area (TPSA) is 46.3 Å². The molecule has 1 aliphatic heterocycles. The maximum atomic E-state index is 10.9. The van der Waals surface area contributed by atoms with Crippen LogP contribution in [-0.4, -0.2) is 35.8 Å². The van der Waals surface area contributed by atoms with E-state index < -0.39 is 0 Å². The van der Waals surface area contributed by atoms with Crippen LogP contribution in [-0.2, 0) is 4.79 Å². The quantitative estimate of drug-likeness (QED) is 0.792. The maximum absolute atomic E-state index is 10.9. The van der Waals surface area contributed by atoms with E-state index in [1.807, 2.05) is 0 Å². The molecule has 18 heavy (non-hydrogen) atoms. The molecule has 2 rings (SSSR count). The second-order valence-corrected chi connectivity index (χ2v) is 6.79. The summed E-state index contributed by atoms with van der Waals surface area (Å²) >= 11 is 3.72. The summed E-state index contributed by atoms with van der Waals surface area (Å²) in [6.07, 6.45) is 8.40. The van der Waals surface area contributed by atoms with Crippen LogP contribution in [0.2, 0.25) is 0 Å². The number of carbonyl (C=O) groups excluding carboxylic acids is 1. The Balaban J connectivity index is 1.77. The van der Waals surface area contributed by atoms with Gasteiger partial charge >= 0.3 is 0 Å². The number of amides is 1. The van der Waals surface area contributed by atoms with Crippen LogP contribution in [0.1, 0.15) is 44.9 Å². The summed E-state index contributed by atoms with van der Waals surface area (Å²) in [7, 11) is 0. The van der Waals surface area contributed by atoms with Gasteiger partial charge in [0.2, 0.25) is 5.91 Å². The molecule has 0 spiro atoms. The number of alkyl halides is 1. The number of hydrogen-bond acceptors (Lipinski definition) is 2. The van der Waals surface area contributed by atoms with Crippen molar-refractivity contribution in [3.8, 4) is 0 Å². The molecule has 1 heterocycles. The van der Waals surface area contributed by atoms with Gasteiger partial charge in [-0.05, 0) is 50.1 Å². The van der Waals surface area contributed by atoms with E-state index in [0.717, 1.165) is 31.3 Å². The lowest BCUT2D eigenvalue weighted by molar-refractivity contribution is -0.119. The number of carbonyl (C=O) groups is 1. The van der Waals surface area contributed by atoms with Gasteiger partial charge in [0.15, 0.2) is 0 Å². The van der Waals surface area contributed by atoms with Gasteiger partial charge in [0.1, 0.15) is 0 Å². The third-order valence-electron chi connectivity index (χ3n) is 4.70. The van der Waals surface area contributed by atoms with E-state index in [2.05, 4.69) is 20.8 Å². The molecule has 2 N–H and O–H groups in total. The third-order valence-corrected chi connectivity index (χ3v) is 5.89. The molecule has 104 valence electrons. The Morgan fingerprint density at radius 1 is 1.28 bits per heavy atom. The van der Waals surface area contributed by atoms with Crippen LogP contribution in [0, 0.1) is 11.3 Å². The number of primary amides is 1. The molecule has 3 nitrogen and oxygen atoms in total. The average Bonchev–Trinajstić information content (AvgIpc) is 2.80. The van der Waals surface area contributed by atoms with Crippen LogP contribution in [0.4, 0.5) is 0 Å². The Bertz CT molecular complexity index is 282. The summed E-state index contributed by atoms with van der Waals surface area (Å²) in [4.78, 5) is 13.5. The van der Waals surface area contributed by atoms with E-state index in [4.69, 9.17) is 5.73 Å². The number of hydrogen-bond donors (Lipinski definition) is 1. The molecule has 1 amide bonds. The zero-order valence-electron chi connectivity index (χ0n) is 11.2. The van der Waals surface area contributed by atoms with Crippen LogP contribution >= 0.6 is 15.9 Å². The zero-order valence-corrected chi connectivity index (χ0v) is 12.8. The first-order chi connectivity index (χ1) is 8.63. The Hall–Kier alpha value is -0.0900. The summed E-state index contributed by atoms with van der Waals surface area (Å²) in [5.74, 6) is 0.392. The van der Waals surface area contributed by atoms with Crippen LogP contribution in [0.3, 0.4) is 0 Å². The van der Waals surface area contributed by atoms with Crippen LogP contribution in [0.25, 0.3) is 0 Å². The van der Waals surface area contributed by atoms with Crippen molar-refractivity contribution < 1.29 is 4.79 Å². The average molecular weight is 317 g/mol. The molecule has 2 fully saturated rings. The monoisotopic (exact) mass is 316 g/mol. The SMILES string of the molecule is NC(=O)CC1CCN(CC2(CBr)CCCC2)CC1. The number of likely N-dealkylation sites (tertiary alicyclic amines) is 1. The summed E-state index contributed by atoms with van der Waals surface area (Å²) in [6.45, 7) is 3.53. The van der Waals surface area contributed by atoms with Gasteiger partial charge in [0.05, 0.1) is 0 Å². The minimum absolute atomic E-state index is 0.138. The molecule has 0 aromatic heterocycles. The van der Waals surface area contributed by atoms with Crippen LogP contribution in [0.5, 0.6) is 0 Å². The molecule has 4 heteroatoms. The largest absolute Gasteiger partial charge is 0.370 e. The summed E-state index contributed by atoms with van der Waals surface area (Å²) < 4.78 is 0. The highest BCUT2D eigenvalue weighted by Gasteiger charge is 2.35. The predicted octanol–water partition coefficient (Wildman–Crippen LogP) is 2.53. The van der Waals surface area contributed by atoms with Gasteiger partial charge in [0.25, 0.3) is 0 Å². The van der Waals surface area contributed by atoms with Gasteiger partial charge < -0.3 is 10.6 Å². The zero-order chi connectivity index (χ0) is 13.0. The first-order valence-electron chi connectivity index (χ1n) is 7.20. The van der Waals surface area contributed by atoms with Crippen molar-refractivity contribution in [1.82, 2.24) is 4.90 Å². The number of halogens is 1. The third kappa shape index (κ3) is 3.70. The van der Waals surface area contributed by atoms with E-state index in [9.17, 15) is 4.79 Å². The lowest BCUT2D eigenvalue weighted by atomic mass is 9.86. The molecular weight excluding hydrogens is 292 g/mol. The van der Waals surface area contributed by atoms with Gasteiger partial charge in [-0.3, -0.25) is 4.79 Å². The molecule has 0 unspecified atom stereocenters. The number of piperidine rings is 1. The van der Waals surface area contributed by atoms with Crippen molar-refractivity contribution in [2.75, 3.05) is 25.0 Å². The van der Waals surface area contributed by atoms with Crippen LogP contribution in [0.15, 0.2) is 0 Å². The second-order valence-electron chi connectivity index (χ2n) is 6.23. The van der Waals surface area contributed by atoms with E-state index in [1.54, 1.807) is 0 Å². The molecule has 1 aliphatic carbocycles. The van der Waals surface area contributed by atoms with Gasteiger partial charge in [-0.15, -0.1) is 0 Å². The fraction of sp³-hybridized carbons (Fsp3) is 0.929. The lowest BCUT2D eigenvalue weighted by Crippen LogP contribution is -2.42. The number of rotatable bonds is 5. The molecule has 0 bridgehead atoms. The minimum Gasteiger partial charge on any atom is -0.370 e. The summed E-state index contributed by atoms with van der Waals surface area (Å²) in [6, 6.07) is 0. The Morgan fingerprint density at radius 3 is 2.39 bits per heavy atom. The predicted molar refractivity (Wildman–Crippen MR) is 77.7 cm³/mol. The van der Waals surface area contributed by atoms with Crippen molar-refractivity contribution in [2.24, 2.45) is 17.1 Å². The highest BCUT2D eigenvalue weighted by Crippen LogP contribution is 2.40. The summed E-state index contributed by atoms with van der Waals surface area (Å²) in [5, 5.41) is 1.14. The second kappa shape index (κ2) is 6.38. The van der Waals surface area contributed by atoms with Crippen LogP contribution < -0.4 is 5.73 Å². The van der Waals surface area contributed by atoms with Gasteiger partial charge in [0, 0.05) is 18.3 Å². The van der Waals surface area contributed by atoms with Crippen molar-refractivity contribution in [1.29, 1.82) is 0 Å². The Morgan fingerprint density at radius 2 is 1.89 bits per heavy atom. The Labute approximate surface area is 119 Å². The molecule has 0 radical (unpaired) electrons. The normalized spacial score (nSPS) is 25.4. The van der Waals surface area contributed by atoms with E-state index >= 15 is 0 Å². The molecule has 0 aromatic carbocycles. The molecule has 0 atom stereocenters. The maximum Gasteiger partial charge on any atom is 0.217 e. The van der Waals surface area contributed by atoms with Crippen molar-refractivity contribution in [3.63, 3.8) is 0 Å². The van der Waals surface area contributed by atoms with Gasteiger partial charge in [-0.2, -0.15) is 0 Å².